The Balaban J connectivity index is 2.10. The summed E-state index contributed by atoms with van der Waals surface area (Å²) in [6.45, 7) is 2.36. The van der Waals surface area contributed by atoms with E-state index in [1.807, 2.05) is 30.3 Å². The molecular weight excluding hydrogens is 376 g/mol. The number of hydrogen-bond donors (Lipinski definition) is 3. The number of ketones is 1. The summed E-state index contributed by atoms with van der Waals surface area (Å²) >= 11 is 0. The Labute approximate surface area is 171 Å². The van der Waals surface area contributed by atoms with Gasteiger partial charge < -0.3 is 20.5 Å². The zero-order valence-electron chi connectivity index (χ0n) is 16.8. The molecule has 3 N–H and O–H groups in total. The molecule has 0 aliphatic heterocycles. The van der Waals surface area contributed by atoms with E-state index in [1.54, 1.807) is 6.92 Å². The van der Waals surface area contributed by atoms with Crippen LogP contribution in [0.2, 0.25) is 0 Å². The van der Waals surface area contributed by atoms with Crippen LogP contribution in [0.1, 0.15) is 57.4 Å². The van der Waals surface area contributed by atoms with E-state index in [1.165, 1.54) is 0 Å². The average molecular weight is 406 g/mol. The SMILES string of the molecule is CCC(=O)CC[C@H](NC(=O)CCCCCNC(=O)OCc1ccccc1)C(=O)O. The summed E-state index contributed by atoms with van der Waals surface area (Å²) in [5.41, 5.74) is 0.910. The van der Waals surface area contributed by atoms with Gasteiger partial charge in [-0.1, -0.05) is 43.7 Å². The zero-order chi connectivity index (χ0) is 21.5. The Morgan fingerprint density at radius 2 is 1.76 bits per heavy atom. The van der Waals surface area contributed by atoms with Crippen LogP contribution in [0.3, 0.4) is 0 Å². The van der Waals surface area contributed by atoms with Gasteiger partial charge in [0.2, 0.25) is 5.91 Å². The second-order valence-electron chi connectivity index (χ2n) is 6.69. The molecule has 0 aliphatic carbocycles. The molecule has 8 nitrogen and oxygen atoms in total. The summed E-state index contributed by atoms with van der Waals surface area (Å²) in [5, 5.41) is 14.2. The highest BCUT2D eigenvalue weighted by Gasteiger charge is 2.20. The fraction of sp³-hybridized carbons (Fsp3) is 0.524. The van der Waals surface area contributed by atoms with Crippen molar-refractivity contribution in [2.24, 2.45) is 0 Å². The first-order valence-electron chi connectivity index (χ1n) is 9.90. The third kappa shape index (κ3) is 11.5. The zero-order valence-corrected chi connectivity index (χ0v) is 16.8. The first kappa shape index (κ1) is 24.1. The predicted octanol–water partition coefficient (Wildman–Crippen LogP) is 2.80. The summed E-state index contributed by atoms with van der Waals surface area (Å²) in [6.07, 6.45) is 2.27. The van der Waals surface area contributed by atoms with Crippen LogP contribution in [0, 0.1) is 0 Å². The van der Waals surface area contributed by atoms with E-state index in [4.69, 9.17) is 9.84 Å². The van der Waals surface area contributed by atoms with Gasteiger partial charge >= 0.3 is 12.1 Å². The normalized spacial score (nSPS) is 11.3. The number of unbranched alkanes of at least 4 members (excludes halogenated alkanes) is 2. The van der Waals surface area contributed by atoms with Gasteiger partial charge in [-0.25, -0.2) is 9.59 Å². The van der Waals surface area contributed by atoms with E-state index in [-0.39, 0.29) is 37.6 Å². The minimum absolute atomic E-state index is 0.0275. The topological polar surface area (TPSA) is 122 Å². The minimum atomic E-state index is -1.14. The number of aliphatic carboxylic acids is 1. The largest absolute Gasteiger partial charge is 0.480 e. The van der Waals surface area contributed by atoms with Crippen molar-refractivity contribution in [3.63, 3.8) is 0 Å². The standard InChI is InChI=1S/C21H30N2O6/c1-2-17(24)12-13-18(20(26)27)23-19(25)11-7-4-8-14-22-21(28)29-15-16-9-5-3-6-10-16/h3,5-6,9-10,18H,2,4,7-8,11-15H2,1H3,(H,22,28)(H,23,25)(H,26,27)/t18-/m0/s1. The molecule has 0 fully saturated rings. The molecule has 0 aliphatic rings. The van der Waals surface area contributed by atoms with Crippen LogP contribution in [0.5, 0.6) is 0 Å². The van der Waals surface area contributed by atoms with Gasteiger partial charge in [0.1, 0.15) is 18.4 Å². The van der Waals surface area contributed by atoms with E-state index in [0.29, 0.717) is 32.2 Å². The number of ether oxygens (including phenoxy) is 1. The first-order valence-corrected chi connectivity index (χ1v) is 9.90. The number of carbonyl (C=O) groups excluding carboxylic acids is 3. The Kier molecular flexibility index (Phi) is 11.8. The van der Waals surface area contributed by atoms with Crippen LogP contribution in [-0.4, -0.2) is 41.4 Å². The molecule has 0 aromatic heterocycles. The number of Topliss-reactive ketones (excluding diaryl/α,β-unsaturated/α-hetero) is 1. The predicted molar refractivity (Wildman–Crippen MR) is 107 cm³/mol. The number of carboxylic acid groups (broad SMARTS) is 1. The van der Waals surface area contributed by atoms with Gasteiger partial charge in [0.05, 0.1) is 0 Å². The van der Waals surface area contributed by atoms with Crippen LogP contribution in [0.4, 0.5) is 4.79 Å². The molecule has 0 spiro atoms. The molecule has 1 aromatic rings. The lowest BCUT2D eigenvalue weighted by Crippen LogP contribution is -2.41. The van der Waals surface area contributed by atoms with Crippen LogP contribution in [0.15, 0.2) is 30.3 Å². The molecule has 1 atom stereocenters. The number of rotatable bonds is 14. The number of carbonyl (C=O) groups is 4. The van der Waals surface area contributed by atoms with E-state index >= 15 is 0 Å². The van der Waals surface area contributed by atoms with Crippen molar-refractivity contribution in [3.8, 4) is 0 Å². The quantitative estimate of drug-likeness (QED) is 0.408. The summed E-state index contributed by atoms with van der Waals surface area (Å²) < 4.78 is 5.09. The maximum atomic E-state index is 11.9. The van der Waals surface area contributed by atoms with Gasteiger partial charge in [0.15, 0.2) is 0 Å². The number of nitrogens with one attached hydrogen (secondary N) is 2. The maximum Gasteiger partial charge on any atom is 0.407 e. The monoisotopic (exact) mass is 406 g/mol. The molecule has 8 heteroatoms. The fourth-order valence-electron chi connectivity index (χ4n) is 2.56. The highest BCUT2D eigenvalue weighted by atomic mass is 16.5. The highest BCUT2D eigenvalue weighted by molar-refractivity contribution is 5.84. The Morgan fingerprint density at radius 3 is 2.41 bits per heavy atom. The molecule has 2 amide bonds. The summed E-state index contributed by atoms with van der Waals surface area (Å²) in [6, 6.07) is 8.33. The van der Waals surface area contributed by atoms with Crippen LogP contribution in [-0.2, 0) is 25.7 Å². The van der Waals surface area contributed by atoms with E-state index in [0.717, 1.165) is 5.56 Å². The lowest BCUT2D eigenvalue weighted by Gasteiger charge is -2.14. The number of benzene rings is 1. The van der Waals surface area contributed by atoms with Gasteiger partial charge in [0, 0.05) is 25.8 Å². The molecule has 0 radical (unpaired) electrons. The van der Waals surface area contributed by atoms with E-state index in [9.17, 15) is 19.2 Å². The van der Waals surface area contributed by atoms with E-state index in [2.05, 4.69) is 10.6 Å². The molecule has 1 rings (SSSR count). The Bertz CT molecular complexity index is 662. The van der Waals surface area contributed by atoms with Gasteiger partial charge in [-0.05, 0) is 24.8 Å². The third-order valence-corrected chi connectivity index (χ3v) is 4.30. The second kappa shape index (κ2) is 14.1. The molecule has 0 saturated heterocycles. The average Bonchev–Trinajstić information content (AvgIpc) is 2.72. The third-order valence-electron chi connectivity index (χ3n) is 4.30. The van der Waals surface area contributed by atoms with Gasteiger partial charge in [0.25, 0.3) is 0 Å². The van der Waals surface area contributed by atoms with Crippen LogP contribution >= 0.6 is 0 Å². The molecule has 0 saturated carbocycles. The number of alkyl carbamates (subject to hydrolysis) is 1. The van der Waals surface area contributed by atoms with Crippen molar-refractivity contribution in [2.75, 3.05) is 6.54 Å². The number of amides is 2. The lowest BCUT2D eigenvalue weighted by atomic mass is 10.1. The molecule has 0 unspecified atom stereocenters. The molecule has 0 bridgehead atoms. The van der Waals surface area contributed by atoms with Crippen molar-refractivity contribution >= 4 is 23.8 Å². The molecule has 29 heavy (non-hydrogen) atoms. The lowest BCUT2D eigenvalue weighted by molar-refractivity contribution is -0.142. The summed E-state index contributed by atoms with van der Waals surface area (Å²) in [4.78, 5) is 46.0. The van der Waals surface area contributed by atoms with Crippen LogP contribution < -0.4 is 10.6 Å². The van der Waals surface area contributed by atoms with Crippen LogP contribution in [0.25, 0.3) is 0 Å². The molecule has 0 heterocycles. The molecule has 160 valence electrons. The second-order valence-corrected chi connectivity index (χ2v) is 6.69. The maximum absolute atomic E-state index is 11.9. The number of carboxylic acids is 1. The van der Waals surface area contributed by atoms with Crippen molar-refractivity contribution in [3.05, 3.63) is 35.9 Å². The van der Waals surface area contributed by atoms with Gasteiger partial charge in [-0.15, -0.1) is 0 Å². The van der Waals surface area contributed by atoms with Crippen molar-refractivity contribution < 1.29 is 29.0 Å². The van der Waals surface area contributed by atoms with Gasteiger partial charge in [-0.2, -0.15) is 0 Å². The summed E-state index contributed by atoms with van der Waals surface area (Å²) in [7, 11) is 0. The smallest absolute Gasteiger partial charge is 0.407 e. The van der Waals surface area contributed by atoms with Gasteiger partial charge in [-0.3, -0.25) is 9.59 Å². The fourth-order valence-corrected chi connectivity index (χ4v) is 2.56. The minimum Gasteiger partial charge on any atom is -0.480 e. The van der Waals surface area contributed by atoms with E-state index < -0.39 is 18.1 Å². The first-order chi connectivity index (χ1) is 13.9. The molecular formula is C21H30N2O6. The molecule has 1 aromatic carbocycles. The summed E-state index contributed by atoms with van der Waals surface area (Å²) in [5.74, 6) is -1.52. The number of hydrogen-bond acceptors (Lipinski definition) is 5. The highest BCUT2D eigenvalue weighted by Crippen LogP contribution is 2.04. The van der Waals surface area contributed by atoms with Crippen molar-refractivity contribution in [2.45, 2.75) is 64.5 Å². The Hall–Kier alpha value is -2.90. The van der Waals surface area contributed by atoms with Crippen molar-refractivity contribution in [1.29, 1.82) is 0 Å². The van der Waals surface area contributed by atoms with Crippen molar-refractivity contribution in [1.82, 2.24) is 10.6 Å². The Morgan fingerprint density at radius 1 is 1.03 bits per heavy atom.